The number of ketones is 1. The van der Waals surface area contributed by atoms with Crippen LogP contribution in [0.5, 0.6) is 0 Å². The van der Waals surface area contributed by atoms with Gasteiger partial charge in [0, 0.05) is 22.8 Å². The average Bonchev–Trinajstić information content (AvgIpc) is 3.10. The Bertz CT molecular complexity index is 1310. The maximum Gasteiger partial charge on any atom is 0.272 e. The third-order valence-corrected chi connectivity index (χ3v) is 5.83. The van der Waals surface area contributed by atoms with Crippen molar-refractivity contribution in [2.45, 2.75) is 26.3 Å². The van der Waals surface area contributed by atoms with Crippen LogP contribution in [0.2, 0.25) is 0 Å². The first-order valence-corrected chi connectivity index (χ1v) is 9.97. The van der Waals surface area contributed by atoms with Crippen molar-refractivity contribution in [2.75, 3.05) is 5.32 Å². The van der Waals surface area contributed by atoms with Gasteiger partial charge in [-0.2, -0.15) is 0 Å². The summed E-state index contributed by atoms with van der Waals surface area (Å²) in [5.74, 6) is -0.423. The second-order valence-electron chi connectivity index (χ2n) is 6.64. The molecule has 0 radical (unpaired) electrons. The number of hydrogen-bond donors (Lipinski definition) is 1. The zero-order valence-corrected chi connectivity index (χ0v) is 16.7. The summed E-state index contributed by atoms with van der Waals surface area (Å²) in [5.41, 5.74) is 1.35. The van der Waals surface area contributed by atoms with Gasteiger partial charge >= 0.3 is 0 Å². The van der Waals surface area contributed by atoms with E-state index in [0.717, 1.165) is 10.2 Å². The summed E-state index contributed by atoms with van der Waals surface area (Å²) in [6.45, 7) is 3.30. The number of rotatable bonds is 5. The van der Waals surface area contributed by atoms with E-state index in [-0.39, 0.29) is 17.2 Å². The Hall–Kier alpha value is -3.39. The van der Waals surface area contributed by atoms with Crippen LogP contribution in [-0.2, 0) is 4.79 Å². The average molecular weight is 406 g/mol. The molecule has 1 aromatic carbocycles. The number of pyridine rings is 1. The molecule has 146 valence electrons. The topological polar surface area (TPSA) is 93.9 Å². The second-order valence-corrected chi connectivity index (χ2v) is 7.64. The highest BCUT2D eigenvalue weighted by Crippen LogP contribution is 2.28. The maximum absolute atomic E-state index is 13.1. The van der Waals surface area contributed by atoms with Gasteiger partial charge < -0.3 is 5.32 Å². The first-order valence-electron chi connectivity index (χ1n) is 9.15. The minimum Gasteiger partial charge on any atom is -0.324 e. The van der Waals surface area contributed by atoms with E-state index in [2.05, 4.69) is 15.3 Å². The number of benzene rings is 1. The predicted octanol–water partition coefficient (Wildman–Crippen LogP) is 3.80. The van der Waals surface area contributed by atoms with Gasteiger partial charge in [-0.25, -0.2) is 9.97 Å². The molecule has 3 aromatic heterocycles. The van der Waals surface area contributed by atoms with Crippen LogP contribution in [0.25, 0.3) is 20.4 Å². The van der Waals surface area contributed by atoms with Crippen molar-refractivity contribution in [3.63, 3.8) is 0 Å². The Morgan fingerprint density at radius 3 is 2.79 bits per heavy atom. The number of carbonyl (C=O) groups excluding carboxylic acids is 2. The lowest BCUT2D eigenvalue weighted by Gasteiger charge is -2.17. The summed E-state index contributed by atoms with van der Waals surface area (Å²) in [7, 11) is 0. The van der Waals surface area contributed by atoms with E-state index >= 15 is 0 Å². The van der Waals surface area contributed by atoms with E-state index in [9.17, 15) is 14.4 Å². The van der Waals surface area contributed by atoms with Crippen molar-refractivity contribution < 1.29 is 9.59 Å². The number of anilines is 1. The molecule has 1 N–H and O–H groups in total. The van der Waals surface area contributed by atoms with E-state index in [1.807, 2.05) is 13.0 Å². The SMILES string of the molecule is CC[C@@H](C(=O)Nc1cccc(C(C)=O)c1)n1cnc2c(sc3ncccc32)c1=O. The summed E-state index contributed by atoms with van der Waals surface area (Å²) >= 11 is 1.28. The molecule has 0 aliphatic heterocycles. The molecule has 8 heteroatoms. The van der Waals surface area contributed by atoms with Crippen molar-refractivity contribution >= 4 is 49.1 Å². The van der Waals surface area contributed by atoms with Crippen LogP contribution in [0.4, 0.5) is 5.69 Å². The molecule has 1 atom stereocenters. The van der Waals surface area contributed by atoms with Gasteiger partial charge in [-0.05, 0) is 37.6 Å². The van der Waals surface area contributed by atoms with E-state index in [0.29, 0.717) is 27.9 Å². The molecular formula is C21H18N4O3S. The van der Waals surface area contributed by atoms with Crippen LogP contribution in [-0.4, -0.2) is 26.2 Å². The van der Waals surface area contributed by atoms with Crippen LogP contribution in [0, 0.1) is 0 Å². The van der Waals surface area contributed by atoms with Gasteiger partial charge in [0.2, 0.25) is 5.91 Å². The van der Waals surface area contributed by atoms with Crippen LogP contribution < -0.4 is 10.9 Å². The number of carbonyl (C=O) groups is 2. The fraction of sp³-hybridized carbons (Fsp3) is 0.190. The van der Waals surface area contributed by atoms with Crippen LogP contribution in [0.15, 0.2) is 53.7 Å². The van der Waals surface area contributed by atoms with Crippen LogP contribution in [0.3, 0.4) is 0 Å². The normalized spacial score (nSPS) is 12.2. The number of thiophene rings is 1. The summed E-state index contributed by atoms with van der Waals surface area (Å²) in [4.78, 5) is 47.0. The Morgan fingerprint density at radius 1 is 1.21 bits per heavy atom. The highest BCUT2D eigenvalue weighted by molar-refractivity contribution is 7.25. The summed E-state index contributed by atoms with van der Waals surface area (Å²) in [5, 5.41) is 3.63. The van der Waals surface area contributed by atoms with Crippen molar-refractivity contribution in [3.05, 3.63) is 64.8 Å². The minimum atomic E-state index is -0.724. The van der Waals surface area contributed by atoms with E-state index in [4.69, 9.17) is 0 Å². The molecule has 29 heavy (non-hydrogen) atoms. The van der Waals surface area contributed by atoms with Gasteiger partial charge in [-0.1, -0.05) is 19.1 Å². The van der Waals surface area contributed by atoms with Crippen molar-refractivity contribution in [3.8, 4) is 0 Å². The van der Waals surface area contributed by atoms with Gasteiger partial charge in [-0.3, -0.25) is 19.0 Å². The number of fused-ring (bicyclic) bond motifs is 3. The minimum absolute atomic E-state index is 0.0858. The predicted molar refractivity (Wildman–Crippen MR) is 114 cm³/mol. The molecule has 4 rings (SSSR count). The second kappa shape index (κ2) is 7.56. The zero-order chi connectivity index (χ0) is 20.5. The van der Waals surface area contributed by atoms with Crippen LogP contribution >= 0.6 is 11.3 Å². The zero-order valence-electron chi connectivity index (χ0n) is 15.9. The molecule has 1 amide bonds. The third-order valence-electron chi connectivity index (χ3n) is 4.74. The van der Waals surface area contributed by atoms with Crippen molar-refractivity contribution in [1.82, 2.24) is 14.5 Å². The van der Waals surface area contributed by atoms with Crippen molar-refractivity contribution in [2.24, 2.45) is 0 Å². The Morgan fingerprint density at radius 2 is 2.03 bits per heavy atom. The summed E-state index contributed by atoms with van der Waals surface area (Å²) < 4.78 is 1.84. The molecule has 0 fully saturated rings. The third kappa shape index (κ3) is 3.42. The van der Waals surface area contributed by atoms with E-state index < -0.39 is 6.04 Å². The Labute approximate surface area is 170 Å². The highest BCUT2D eigenvalue weighted by atomic mass is 32.1. The number of hydrogen-bond acceptors (Lipinski definition) is 6. The molecule has 0 aliphatic rings. The summed E-state index contributed by atoms with van der Waals surface area (Å²) in [6, 6.07) is 9.68. The number of Topliss-reactive ketones (excluding diaryl/α,β-unsaturated/α-hetero) is 1. The first kappa shape index (κ1) is 18.9. The molecule has 0 unspecified atom stereocenters. The fourth-order valence-corrected chi connectivity index (χ4v) is 4.29. The summed E-state index contributed by atoms with van der Waals surface area (Å²) in [6.07, 6.45) is 3.51. The lowest BCUT2D eigenvalue weighted by Crippen LogP contribution is -2.33. The molecule has 0 saturated carbocycles. The first-order chi connectivity index (χ1) is 14.0. The highest BCUT2D eigenvalue weighted by Gasteiger charge is 2.22. The molecular weight excluding hydrogens is 388 g/mol. The lowest BCUT2D eigenvalue weighted by molar-refractivity contribution is -0.119. The standard InChI is InChI=1S/C21H18N4O3S/c1-3-16(19(27)24-14-7-4-6-13(10-14)12(2)26)25-11-23-17-15-8-5-9-22-20(15)29-18(17)21(25)28/h4-11,16H,3H2,1-2H3,(H,24,27)/t16-/m0/s1. The van der Waals surface area contributed by atoms with Gasteiger partial charge in [0.15, 0.2) is 5.78 Å². The molecule has 3 heterocycles. The molecule has 7 nitrogen and oxygen atoms in total. The quantitative estimate of drug-likeness (QED) is 0.509. The van der Waals surface area contributed by atoms with Gasteiger partial charge in [0.05, 0.1) is 11.8 Å². The van der Waals surface area contributed by atoms with E-state index in [1.165, 1.54) is 29.2 Å². The number of nitrogens with one attached hydrogen (secondary N) is 1. The number of aromatic nitrogens is 3. The van der Waals surface area contributed by atoms with Gasteiger partial charge in [0.25, 0.3) is 5.56 Å². The van der Waals surface area contributed by atoms with Gasteiger partial charge in [0.1, 0.15) is 15.6 Å². The van der Waals surface area contributed by atoms with E-state index in [1.54, 1.807) is 36.5 Å². The number of amides is 1. The molecule has 4 aromatic rings. The molecule has 0 aliphatic carbocycles. The van der Waals surface area contributed by atoms with Gasteiger partial charge in [-0.15, -0.1) is 11.3 Å². The number of nitrogens with zero attached hydrogens (tertiary/aromatic N) is 3. The van der Waals surface area contributed by atoms with Crippen molar-refractivity contribution in [1.29, 1.82) is 0 Å². The lowest BCUT2D eigenvalue weighted by atomic mass is 10.1. The maximum atomic E-state index is 13.1. The Balaban J connectivity index is 1.71. The molecule has 0 spiro atoms. The Kier molecular flexibility index (Phi) is 4.94. The fourth-order valence-electron chi connectivity index (χ4n) is 3.25. The monoisotopic (exact) mass is 406 g/mol. The molecule has 0 saturated heterocycles. The molecule has 0 bridgehead atoms. The van der Waals surface area contributed by atoms with Crippen LogP contribution in [0.1, 0.15) is 36.7 Å². The smallest absolute Gasteiger partial charge is 0.272 e. The largest absolute Gasteiger partial charge is 0.324 e.